The molecule has 1 N–H and O–H groups in total. The van der Waals surface area contributed by atoms with Gasteiger partial charge in [0, 0.05) is 18.0 Å². The average Bonchev–Trinajstić information content (AvgIpc) is 3.16. The Morgan fingerprint density at radius 2 is 1.84 bits per heavy atom. The molecule has 0 saturated heterocycles. The minimum atomic E-state index is -0.211. The Hall–Kier alpha value is -3.60. The van der Waals surface area contributed by atoms with Gasteiger partial charge in [-0.15, -0.1) is 0 Å². The summed E-state index contributed by atoms with van der Waals surface area (Å²) < 4.78 is 7.88. The van der Waals surface area contributed by atoms with E-state index in [4.69, 9.17) is 4.74 Å². The number of hydrogen-bond donors (Lipinski definition) is 1. The zero-order valence-corrected chi connectivity index (χ0v) is 18.3. The highest BCUT2D eigenvalue weighted by Crippen LogP contribution is 2.32. The lowest BCUT2D eigenvalue weighted by molar-refractivity contribution is -0.118. The number of fused-ring (bicyclic) bond motifs is 1. The maximum atomic E-state index is 12.7. The third-order valence-electron chi connectivity index (χ3n) is 5.14. The third-order valence-corrected chi connectivity index (χ3v) is 5.14. The lowest BCUT2D eigenvalue weighted by atomic mass is 9.85. The predicted octanol–water partition coefficient (Wildman–Crippen LogP) is 5.62. The summed E-state index contributed by atoms with van der Waals surface area (Å²) in [6.45, 7) is 8.41. The molecule has 158 valence electrons. The number of carbonyl (C=O) groups is 1. The zero-order chi connectivity index (χ0) is 22.0. The van der Waals surface area contributed by atoms with Gasteiger partial charge in [0.1, 0.15) is 11.4 Å². The van der Waals surface area contributed by atoms with Crippen LogP contribution in [0.3, 0.4) is 0 Å². The minimum Gasteiger partial charge on any atom is -0.483 e. The van der Waals surface area contributed by atoms with Crippen LogP contribution in [0.25, 0.3) is 16.9 Å². The number of aromatic nitrogens is 2. The fraction of sp³-hybridized carbons (Fsp3) is 0.231. The first-order valence-corrected chi connectivity index (χ1v) is 10.4. The largest absolute Gasteiger partial charge is 0.483 e. The van der Waals surface area contributed by atoms with Crippen molar-refractivity contribution in [1.82, 2.24) is 9.38 Å². The smallest absolute Gasteiger partial charge is 0.262 e. The zero-order valence-electron chi connectivity index (χ0n) is 18.3. The third kappa shape index (κ3) is 4.61. The molecular weight excluding hydrogens is 386 g/mol. The van der Waals surface area contributed by atoms with Crippen molar-refractivity contribution in [3.8, 4) is 17.0 Å². The van der Waals surface area contributed by atoms with Gasteiger partial charge in [-0.2, -0.15) is 0 Å². The van der Waals surface area contributed by atoms with E-state index in [2.05, 4.69) is 44.1 Å². The van der Waals surface area contributed by atoms with Gasteiger partial charge in [0.25, 0.3) is 5.91 Å². The molecule has 4 rings (SSSR count). The van der Waals surface area contributed by atoms with Gasteiger partial charge in [-0.25, -0.2) is 4.98 Å². The Morgan fingerprint density at radius 3 is 2.61 bits per heavy atom. The van der Waals surface area contributed by atoms with Gasteiger partial charge < -0.3 is 14.5 Å². The molecule has 0 unspecified atom stereocenters. The molecule has 1 amide bonds. The van der Waals surface area contributed by atoms with E-state index >= 15 is 0 Å². The maximum Gasteiger partial charge on any atom is 0.262 e. The number of ether oxygens (including phenoxy) is 1. The number of rotatable bonds is 5. The molecule has 0 spiro atoms. The molecule has 0 atom stereocenters. The van der Waals surface area contributed by atoms with E-state index in [0.29, 0.717) is 5.69 Å². The normalized spacial score (nSPS) is 11.5. The van der Waals surface area contributed by atoms with E-state index in [1.807, 2.05) is 71.4 Å². The molecule has 5 nitrogen and oxygen atoms in total. The van der Waals surface area contributed by atoms with Crippen LogP contribution >= 0.6 is 0 Å². The fourth-order valence-electron chi connectivity index (χ4n) is 3.57. The molecule has 5 heteroatoms. The maximum absolute atomic E-state index is 12.7. The van der Waals surface area contributed by atoms with Gasteiger partial charge >= 0.3 is 0 Å². The summed E-state index contributed by atoms with van der Waals surface area (Å²) in [7, 11) is 0. The number of amides is 1. The lowest BCUT2D eigenvalue weighted by Crippen LogP contribution is -2.22. The average molecular weight is 414 g/mol. The van der Waals surface area contributed by atoms with Crippen LogP contribution in [0, 0.1) is 6.92 Å². The summed E-state index contributed by atoms with van der Waals surface area (Å²) in [5.74, 6) is 0.526. The molecule has 0 aliphatic rings. The molecule has 2 aromatic heterocycles. The first-order valence-electron chi connectivity index (χ1n) is 10.4. The molecule has 0 aliphatic heterocycles. The lowest BCUT2D eigenvalue weighted by Gasteiger charge is -2.23. The molecule has 0 radical (unpaired) electrons. The molecule has 4 aromatic rings. The summed E-state index contributed by atoms with van der Waals surface area (Å²) in [6.07, 6.45) is 3.91. The van der Waals surface area contributed by atoms with Gasteiger partial charge in [-0.3, -0.25) is 4.79 Å². The standard InChI is InChI=1S/C26H27N3O2/c1-18-12-13-23(20(15-18)26(2,3)4)31-17-25(30)28-21-10-6-5-9-19(21)22-16-29-14-8-7-11-24(29)27-22/h5-16H,17H2,1-4H3,(H,28,30). The van der Waals surface area contributed by atoms with Gasteiger partial charge in [-0.05, 0) is 42.2 Å². The van der Waals surface area contributed by atoms with Gasteiger partial charge in [0.05, 0.1) is 11.4 Å². The monoisotopic (exact) mass is 413 g/mol. The quantitative estimate of drug-likeness (QED) is 0.462. The number of nitrogens with zero attached hydrogens (tertiary/aromatic N) is 2. The highest BCUT2D eigenvalue weighted by molar-refractivity contribution is 5.96. The van der Waals surface area contributed by atoms with Crippen molar-refractivity contribution >= 4 is 17.2 Å². The molecule has 0 aliphatic carbocycles. The van der Waals surface area contributed by atoms with Crippen LogP contribution in [0.1, 0.15) is 31.9 Å². The molecular formula is C26H27N3O2. The van der Waals surface area contributed by atoms with Crippen molar-refractivity contribution in [2.24, 2.45) is 0 Å². The van der Waals surface area contributed by atoms with Crippen molar-refractivity contribution < 1.29 is 9.53 Å². The molecule has 31 heavy (non-hydrogen) atoms. The first kappa shape index (κ1) is 20.7. The molecule has 2 heterocycles. The summed E-state index contributed by atoms with van der Waals surface area (Å²) >= 11 is 0. The van der Waals surface area contributed by atoms with Crippen molar-refractivity contribution in [1.29, 1.82) is 0 Å². The number of nitrogens with one attached hydrogen (secondary N) is 1. The number of benzene rings is 2. The van der Waals surface area contributed by atoms with Crippen LogP contribution in [0.5, 0.6) is 5.75 Å². The Balaban J connectivity index is 1.52. The van der Waals surface area contributed by atoms with E-state index < -0.39 is 0 Å². The topological polar surface area (TPSA) is 55.6 Å². The number of anilines is 1. The number of carbonyl (C=O) groups excluding carboxylic acids is 1. The van der Waals surface area contributed by atoms with Crippen LogP contribution in [0.4, 0.5) is 5.69 Å². The Morgan fingerprint density at radius 1 is 1.06 bits per heavy atom. The minimum absolute atomic E-state index is 0.0638. The Kier molecular flexibility index (Phi) is 5.51. The molecule has 0 fully saturated rings. The fourth-order valence-corrected chi connectivity index (χ4v) is 3.57. The number of para-hydroxylation sites is 1. The number of pyridine rings is 1. The van der Waals surface area contributed by atoms with Crippen molar-refractivity contribution in [3.05, 3.63) is 84.2 Å². The van der Waals surface area contributed by atoms with E-state index in [-0.39, 0.29) is 17.9 Å². The van der Waals surface area contributed by atoms with Crippen molar-refractivity contribution in [2.45, 2.75) is 33.1 Å². The first-order chi connectivity index (χ1) is 14.8. The summed E-state index contributed by atoms with van der Waals surface area (Å²) in [5, 5.41) is 2.98. The summed E-state index contributed by atoms with van der Waals surface area (Å²) in [5.41, 5.74) is 5.42. The molecule has 0 saturated carbocycles. The highest BCUT2D eigenvalue weighted by Gasteiger charge is 2.20. The second-order valence-corrected chi connectivity index (χ2v) is 8.72. The van der Waals surface area contributed by atoms with E-state index in [9.17, 15) is 4.79 Å². The molecule has 2 aromatic carbocycles. The van der Waals surface area contributed by atoms with E-state index in [1.54, 1.807) is 0 Å². The van der Waals surface area contributed by atoms with Crippen LogP contribution in [-0.4, -0.2) is 21.9 Å². The van der Waals surface area contributed by atoms with E-state index in [1.165, 1.54) is 5.56 Å². The predicted molar refractivity (Wildman–Crippen MR) is 125 cm³/mol. The Labute approximate surface area is 182 Å². The second kappa shape index (κ2) is 8.26. The van der Waals surface area contributed by atoms with Crippen molar-refractivity contribution in [2.75, 3.05) is 11.9 Å². The van der Waals surface area contributed by atoms with Gasteiger partial charge in [0.2, 0.25) is 0 Å². The number of aryl methyl sites for hydroxylation is 1. The summed E-state index contributed by atoms with van der Waals surface area (Å²) in [4.78, 5) is 17.4. The van der Waals surface area contributed by atoms with Gasteiger partial charge in [0.15, 0.2) is 6.61 Å². The van der Waals surface area contributed by atoms with E-state index in [0.717, 1.165) is 28.2 Å². The Bertz CT molecular complexity index is 1200. The second-order valence-electron chi connectivity index (χ2n) is 8.72. The SMILES string of the molecule is Cc1ccc(OCC(=O)Nc2ccccc2-c2cn3ccccc3n2)c(C(C)(C)C)c1. The van der Waals surface area contributed by atoms with Crippen molar-refractivity contribution in [3.63, 3.8) is 0 Å². The van der Waals surface area contributed by atoms with Crippen LogP contribution in [-0.2, 0) is 10.2 Å². The number of hydrogen-bond acceptors (Lipinski definition) is 3. The molecule has 0 bridgehead atoms. The van der Waals surface area contributed by atoms with Gasteiger partial charge in [-0.1, -0.05) is 62.7 Å². The highest BCUT2D eigenvalue weighted by atomic mass is 16.5. The number of imidazole rings is 1. The van der Waals surface area contributed by atoms with Crippen LogP contribution in [0.2, 0.25) is 0 Å². The van der Waals surface area contributed by atoms with Crippen LogP contribution < -0.4 is 10.1 Å². The van der Waals surface area contributed by atoms with Crippen LogP contribution in [0.15, 0.2) is 73.1 Å². The summed E-state index contributed by atoms with van der Waals surface area (Å²) in [6, 6.07) is 19.6.